The Labute approximate surface area is 135 Å². The highest BCUT2D eigenvalue weighted by molar-refractivity contribution is 5.48. The summed E-state index contributed by atoms with van der Waals surface area (Å²) in [6, 6.07) is 13.7. The summed E-state index contributed by atoms with van der Waals surface area (Å²) in [5.41, 5.74) is 1.92. The Morgan fingerprint density at radius 3 is 2.57 bits per heavy atom. The summed E-state index contributed by atoms with van der Waals surface area (Å²) >= 11 is 0. The summed E-state index contributed by atoms with van der Waals surface area (Å²) in [5.74, 6) is 2.47. The van der Waals surface area contributed by atoms with Gasteiger partial charge < -0.3 is 18.9 Å². The summed E-state index contributed by atoms with van der Waals surface area (Å²) < 4.78 is 21.2. The third-order valence-electron chi connectivity index (χ3n) is 3.84. The van der Waals surface area contributed by atoms with Gasteiger partial charge in [-0.15, -0.1) is 0 Å². The summed E-state index contributed by atoms with van der Waals surface area (Å²) in [6.45, 7) is 0.228. The molecule has 1 atom stereocenters. The average molecular weight is 311 g/mol. The Morgan fingerprint density at radius 2 is 1.83 bits per heavy atom. The first-order valence-corrected chi connectivity index (χ1v) is 7.25. The average Bonchev–Trinajstić information content (AvgIpc) is 3.07. The molecule has 1 aliphatic rings. The molecule has 0 spiro atoms. The van der Waals surface area contributed by atoms with E-state index in [-0.39, 0.29) is 12.7 Å². The molecular formula is C18H17NO4. The van der Waals surface area contributed by atoms with Gasteiger partial charge in [-0.2, -0.15) is 5.26 Å². The molecule has 0 bridgehead atoms. The summed E-state index contributed by atoms with van der Waals surface area (Å²) in [5, 5.41) is 9.54. The SMILES string of the molecule is COc1ccc(CC(C#N)c2ccc3c(c2)OCO3)cc1OC. The van der Waals surface area contributed by atoms with Crippen molar-refractivity contribution in [2.75, 3.05) is 21.0 Å². The minimum atomic E-state index is -0.275. The van der Waals surface area contributed by atoms with Crippen molar-refractivity contribution < 1.29 is 18.9 Å². The Balaban J connectivity index is 1.84. The van der Waals surface area contributed by atoms with Crippen LogP contribution in [-0.2, 0) is 6.42 Å². The van der Waals surface area contributed by atoms with E-state index in [0.29, 0.717) is 23.7 Å². The van der Waals surface area contributed by atoms with Crippen LogP contribution in [0.5, 0.6) is 23.0 Å². The van der Waals surface area contributed by atoms with Gasteiger partial charge in [-0.3, -0.25) is 0 Å². The lowest BCUT2D eigenvalue weighted by molar-refractivity contribution is 0.174. The summed E-state index contributed by atoms with van der Waals surface area (Å²) in [7, 11) is 3.20. The minimum Gasteiger partial charge on any atom is -0.493 e. The molecule has 0 N–H and O–H groups in total. The van der Waals surface area contributed by atoms with Gasteiger partial charge in [0.1, 0.15) is 0 Å². The lowest BCUT2D eigenvalue weighted by Crippen LogP contribution is -2.01. The smallest absolute Gasteiger partial charge is 0.231 e. The normalized spacial score (nSPS) is 13.3. The topological polar surface area (TPSA) is 60.7 Å². The van der Waals surface area contributed by atoms with Gasteiger partial charge in [0.15, 0.2) is 23.0 Å². The highest BCUT2D eigenvalue weighted by Crippen LogP contribution is 2.36. The summed E-state index contributed by atoms with van der Waals surface area (Å²) in [6.07, 6.45) is 0.580. The maximum atomic E-state index is 9.54. The fourth-order valence-electron chi connectivity index (χ4n) is 2.61. The number of hydrogen-bond acceptors (Lipinski definition) is 5. The molecule has 0 aliphatic carbocycles. The summed E-state index contributed by atoms with van der Waals surface area (Å²) in [4.78, 5) is 0. The fraction of sp³-hybridized carbons (Fsp3) is 0.278. The van der Waals surface area contributed by atoms with Gasteiger partial charge in [0.25, 0.3) is 0 Å². The molecule has 1 unspecified atom stereocenters. The van der Waals surface area contributed by atoms with Crippen molar-refractivity contribution in [2.45, 2.75) is 12.3 Å². The lowest BCUT2D eigenvalue weighted by Gasteiger charge is -2.13. The van der Waals surface area contributed by atoms with Crippen LogP contribution < -0.4 is 18.9 Å². The van der Waals surface area contributed by atoms with E-state index in [4.69, 9.17) is 18.9 Å². The number of benzene rings is 2. The van der Waals surface area contributed by atoms with Crippen LogP contribution in [0.1, 0.15) is 17.0 Å². The number of fused-ring (bicyclic) bond motifs is 1. The van der Waals surface area contributed by atoms with Crippen LogP contribution in [-0.4, -0.2) is 21.0 Å². The highest BCUT2D eigenvalue weighted by atomic mass is 16.7. The number of nitriles is 1. The van der Waals surface area contributed by atoms with Crippen LogP contribution >= 0.6 is 0 Å². The number of methoxy groups -OCH3 is 2. The third-order valence-corrected chi connectivity index (χ3v) is 3.84. The molecule has 0 radical (unpaired) electrons. The zero-order chi connectivity index (χ0) is 16.2. The van der Waals surface area contributed by atoms with E-state index < -0.39 is 0 Å². The zero-order valence-corrected chi connectivity index (χ0v) is 13.0. The van der Waals surface area contributed by atoms with Crippen LogP contribution in [0.3, 0.4) is 0 Å². The molecule has 0 fully saturated rings. The monoisotopic (exact) mass is 311 g/mol. The van der Waals surface area contributed by atoms with Crippen molar-refractivity contribution in [3.63, 3.8) is 0 Å². The van der Waals surface area contributed by atoms with E-state index in [2.05, 4.69) is 6.07 Å². The fourth-order valence-corrected chi connectivity index (χ4v) is 2.61. The Bertz CT molecular complexity index is 751. The van der Waals surface area contributed by atoms with Gasteiger partial charge >= 0.3 is 0 Å². The van der Waals surface area contributed by atoms with Crippen LogP contribution in [0.25, 0.3) is 0 Å². The molecule has 3 rings (SSSR count). The Morgan fingerprint density at radius 1 is 1.04 bits per heavy atom. The molecule has 5 nitrogen and oxygen atoms in total. The predicted molar refractivity (Wildman–Crippen MR) is 84.2 cm³/mol. The van der Waals surface area contributed by atoms with Crippen LogP contribution in [0, 0.1) is 11.3 Å². The predicted octanol–water partition coefficient (Wildman–Crippen LogP) is 3.28. The first kappa shape index (κ1) is 15.0. The van der Waals surface area contributed by atoms with Crippen LogP contribution in [0.15, 0.2) is 36.4 Å². The maximum absolute atomic E-state index is 9.54. The van der Waals surface area contributed by atoms with Crippen LogP contribution in [0.2, 0.25) is 0 Å². The van der Waals surface area contributed by atoms with Gasteiger partial charge in [0.05, 0.1) is 26.2 Å². The van der Waals surface area contributed by atoms with E-state index in [1.54, 1.807) is 14.2 Å². The van der Waals surface area contributed by atoms with E-state index in [0.717, 1.165) is 16.9 Å². The van der Waals surface area contributed by atoms with Crippen molar-refractivity contribution in [2.24, 2.45) is 0 Å². The van der Waals surface area contributed by atoms with Crippen molar-refractivity contribution in [1.82, 2.24) is 0 Å². The van der Waals surface area contributed by atoms with E-state index >= 15 is 0 Å². The molecule has 23 heavy (non-hydrogen) atoms. The molecular weight excluding hydrogens is 294 g/mol. The number of rotatable bonds is 5. The molecule has 1 heterocycles. The first-order valence-electron chi connectivity index (χ1n) is 7.25. The second-order valence-electron chi connectivity index (χ2n) is 5.19. The van der Waals surface area contributed by atoms with Gasteiger partial charge in [0, 0.05) is 0 Å². The van der Waals surface area contributed by atoms with Gasteiger partial charge in [-0.05, 0) is 41.8 Å². The van der Waals surface area contributed by atoms with Crippen molar-refractivity contribution >= 4 is 0 Å². The second kappa shape index (κ2) is 6.49. The molecule has 118 valence electrons. The third kappa shape index (κ3) is 3.02. The van der Waals surface area contributed by atoms with Crippen molar-refractivity contribution in [3.8, 4) is 29.1 Å². The maximum Gasteiger partial charge on any atom is 0.231 e. The molecule has 2 aromatic carbocycles. The van der Waals surface area contributed by atoms with Crippen molar-refractivity contribution in [1.29, 1.82) is 5.26 Å². The number of ether oxygens (including phenoxy) is 4. The number of hydrogen-bond donors (Lipinski definition) is 0. The second-order valence-corrected chi connectivity index (χ2v) is 5.19. The quantitative estimate of drug-likeness (QED) is 0.848. The Hall–Kier alpha value is -2.87. The van der Waals surface area contributed by atoms with Gasteiger partial charge in [-0.25, -0.2) is 0 Å². The van der Waals surface area contributed by atoms with Gasteiger partial charge in [0.2, 0.25) is 6.79 Å². The van der Waals surface area contributed by atoms with E-state index in [9.17, 15) is 5.26 Å². The van der Waals surface area contributed by atoms with E-state index in [1.165, 1.54) is 0 Å². The number of nitrogens with zero attached hydrogens (tertiary/aromatic N) is 1. The molecule has 0 saturated carbocycles. The highest BCUT2D eigenvalue weighted by Gasteiger charge is 2.18. The minimum absolute atomic E-state index is 0.228. The molecule has 0 aromatic heterocycles. The largest absolute Gasteiger partial charge is 0.493 e. The zero-order valence-electron chi connectivity index (χ0n) is 13.0. The molecule has 5 heteroatoms. The van der Waals surface area contributed by atoms with Crippen LogP contribution in [0.4, 0.5) is 0 Å². The lowest BCUT2D eigenvalue weighted by atomic mass is 9.93. The molecule has 2 aromatic rings. The van der Waals surface area contributed by atoms with E-state index in [1.807, 2.05) is 36.4 Å². The van der Waals surface area contributed by atoms with Gasteiger partial charge in [-0.1, -0.05) is 12.1 Å². The van der Waals surface area contributed by atoms with Crippen molar-refractivity contribution in [3.05, 3.63) is 47.5 Å². The molecule has 0 amide bonds. The first-order chi connectivity index (χ1) is 11.2. The molecule has 0 saturated heterocycles. The standard InChI is InChI=1S/C18H17NO4/c1-20-15-5-3-12(8-17(15)21-2)7-14(10-19)13-4-6-16-18(9-13)23-11-22-16/h3-6,8-9,14H,7,11H2,1-2H3. The molecule has 1 aliphatic heterocycles. The Kier molecular flexibility index (Phi) is 4.24.